The molecule has 0 aliphatic rings. The monoisotopic (exact) mass is 287 g/mol. The minimum absolute atomic E-state index is 0.163. The van der Waals surface area contributed by atoms with E-state index in [-0.39, 0.29) is 22.6 Å². The van der Waals surface area contributed by atoms with Crippen molar-refractivity contribution < 1.29 is 19.6 Å². The number of carboxylic acids is 1. The van der Waals surface area contributed by atoms with Crippen LogP contribution in [0, 0.1) is 24.0 Å². The van der Waals surface area contributed by atoms with Gasteiger partial charge in [0.25, 0.3) is 5.69 Å². The van der Waals surface area contributed by atoms with Crippen LogP contribution in [-0.2, 0) is 0 Å². The molecule has 0 unspecified atom stereocenters. The third kappa shape index (κ3) is 3.00. The molecule has 0 atom stereocenters. The molecule has 0 saturated heterocycles. The number of benzene rings is 2. The average Bonchev–Trinajstić information content (AvgIpc) is 2.42. The van der Waals surface area contributed by atoms with Gasteiger partial charge in [0.15, 0.2) is 0 Å². The van der Waals surface area contributed by atoms with Crippen molar-refractivity contribution in [2.24, 2.45) is 0 Å². The number of nitro groups is 1. The molecule has 0 bridgehead atoms. The maximum absolute atomic E-state index is 11.1. The van der Waals surface area contributed by atoms with Gasteiger partial charge in [0.2, 0.25) is 0 Å². The quantitative estimate of drug-likeness (QED) is 0.684. The third-order valence-corrected chi connectivity index (χ3v) is 3.09. The van der Waals surface area contributed by atoms with Crippen LogP contribution in [-0.4, -0.2) is 16.0 Å². The lowest BCUT2D eigenvalue weighted by atomic mass is 10.1. The van der Waals surface area contributed by atoms with Crippen molar-refractivity contribution in [2.45, 2.75) is 13.8 Å². The summed E-state index contributed by atoms with van der Waals surface area (Å²) in [5, 5.41) is 20.1. The van der Waals surface area contributed by atoms with Crippen molar-refractivity contribution in [3.63, 3.8) is 0 Å². The van der Waals surface area contributed by atoms with E-state index in [4.69, 9.17) is 9.84 Å². The second-order valence-electron chi connectivity index (χ2n) is 4.55. The van der Waals surface area contributed by atoms with Crippen LogP contribution in [0.4, 0.5) is 5.69 Å². The normalized spacial score (nSPS) is 10.2. The maximum atomic E-state index is 11.1. The zero-order chi connectivity index (χ0) is 15.6. The molecule has 0 radical (unpaired) electrons. The molecule has 0 aliphatic heterocycles. The van der Waals surface area contributed by atoms with Crippen LogP contribution in [0.2, 0.25) is 0 Å². The van der Waals surface area contributed by atoms with Crippen molar-refractivity contribution in [3.8, 4) is 11.5 Å². The van der Waals surface area contributed by atoms with Crippen LogP contribution in [0.3, 0.4) is 0 Å². The summed E-state index contributed by atoms with van der Waals surface area (Å²) in [5.74, 6) is -0.555. The number of nitro benzene ring substituents is 1. The van der Waals surface area contributed by atoms with Gasteiger partial charge in [-0.05, 0) is 31.5 Å². The highest BCUT2D eigenvalue weighted by atomic mass is 16.6. The van der Waals surface area contributed by atoms with Crippen LogP contribution in [0.25, 0.3) is 0 Å². The number of hydrogen-bond acceptors (Lipinski definition) is 4. The average molecular weight is 287 g/mol. The number of para-hydroxylation sites is 1. The summed E-state index contributed by atoms with van der Waals surface area (Å²) in [4.78, 5) is 21.5. The molecular formula is C15H13NO5. The molecule has 0 amide bonds. The van der Waals surface area contributed by atoms with E-state index in [1.54, 1.807) is 12.1 Å². The topological polar surface area (TPSA) is 89.7 Å². The van der Waals surface area contributed by atoms with Gasteiger partial charge >= 0.3 is 5.97 Å². The van der Waals surface area contributed by atoms with Crippen LogP contribution in [0.1, 0.15) is 21.5 Å². The number of aryl methyl sites for hydroxylation is 1. The summed E-state index contributed by atoms with van der Waals surface area (Å²) in [6, 6.07) is 9.48. The molecule has 1 N–H and O–H groups in total. The minimum atomic E-state index is -1.24. The molecule has 2 rings (SSSR count). The fourth-order valence-corrected chi connectivity index (χ4v) is 1.88. The summed E-state index contributed by atoms with van der Waals surface area (Å²) in [6.07, 6.45) is 0. The standard InChI is InChI=1S/C15H13NO5/c1-9-5-3-4-6-13(9)21-14-8-11(15(17)18)7-12(10(14)2)16(19)20/h3-8H,1-2H3,(H,17,18). The first-order chi connectivity index (χ1) is 9.90. The van der Waals surface area contributed by atoms with E-state index in [1.807, 2.05) is 19.1 Å². The molecule has 6 nitrogen and oxygen atoms in total. The van der Waals surface area contributed by atoms with E-state index in [0.29, 0.717) is 5.75 Å². The number of nitrogens with zero attached hydrogens (tertiary/aromatic N) is 1. The van der Waals surface area contributed by atoms with E-state index in [9.17, 15) is 14.9 Å². The Balaban J connectivity index is 2.55. The van der Waals surface area contributed by atoms with Crippen LogP contribution in [0.5, 0.6) is 11.5 Å². The fourth-order valence-electron chi connectivity index (χ4n) is 1.88. The Labute approximate surface area is 120 Å². The lowest BCUT2D eigenvalue weighted by molar-refractivity contribution is -0.385. The summed E-state index contributed by atoms with van der Waals surface area (Å²) >= 11 is 0. The molecule has 21 heavy (non-hydrogen) atoms. The highest BCUT2D eigenvalue weighted by Gasteiger charge is 2.20. The molecule has 2 aromatic rings. The fraction of sp³-hybridized carbons (Fsp3) is 0.133. The smallest absolute Gasteiger partial charge is 0.336 e. The van der Waals surface area contributed by atoms with Crippen LogP contribution in [0.15, 0.2) is 36.4 Å². The van der Waals surface area contributed by atoms with Gasteiger partial charge in [-0.3, -0.25) is 10.1 Å². The van der Waals surface area contributed by atoms with E-state index >= 15 is 0 Å². The zero-order valence-electron chi connectivity index (χ0n) is 11.5. The van der Waals surface area contributed by atoms with E-state index < -0.39 is 10.9 Å². The van der Waals surface area contributed by atoms with Crippen molar-refractivity contribution >= 4 is 11.7 Å². The molecule has 0 saturated carbocycles. The van der Waals surface area contributed by atoms with Crippen LogP contribution >= 0.6 is 0 Å². The molecule has 6 heteroatoms. The van der Waals surface area contributed by atoms with Gasteiger partial charge in [-0.15, -0.1) is 0 Å². The van der Waals surface area contributed by atoms with Gasteiger partial charge < -0.3 is 9.84 Å². The zero-order valence-corrected chi connectivity index (χ0v) is 11.5. The molecular weight excluding hydrogens is 274 g/mol. The Kier molecular flexibility index (Phi) is 3.89. The number of ether oxygens (including phenoxy) is 1. The molecule has 0 heterocycles. The summed E-state index contributed by atoms with van der Waals surface area (Å²) in [7, 11) is 0. The Bertz CT molecular complexity index is 724. The number of carbonyl (C=O) groups is 1. The molecule has 2 aromatic carbocycles. The molecule has 108 valence electrons. The SMILES string of the molecule is Cc1ccccc1Oc1cc(C(=O)O)cc([N+](=O)[O-])c1C. The second-order valence-corrected chi connectivity index (χ2v) is 4.55. The first-order valence-electron chi connectivity index (χ1n) is 6.16. The van der Waals surface area contributed by atoms with E-state index in [1.165, 1.54) is 13.0 Å². The third-order valence-electron chi connectivity index (χ3n) is 3.09. The van der Waals surface area contributed by atoms with Crippen molar-refractivity contribution in [3.05, 3.63) is 63.2 Å². The van der Waals surface area contributed by atoms with E-state index in [2.05, 4.69) is 0 Å². The van der Waals surface area contributed by atoms with Gasteiger partial charge in [0.05, 0.1) is 16.1 Å². The molecule has 0 spiro atoms. The first kappa shape index (κ1) is 14.5. The predicted molar refractivity (Wildman–Crippen MR) is 76.0 cm³/mol. The number of carboxylic acid groups (broad SMARTS) is 1. The summed E-state index contributed by atoms with van der Waals surface area (Å²) in [6.45, 7) is 3.36. The number of hydrogen-bond donors (Lipinski definition) is 1. The van der Waals surface area contributed by atoms with Crippen molar-refractivity contribution in [2.75, 3.05) is 0 Å². The Morgan fingerprint density at radius 1 is 1.19 bits per heavy atom. The second kappa shape index (κ2) is 5.62. The van der Waals surface area contributed by atoms with Gasteiger partial charge in [0.1, 0.15) is 11.5 Å². The Morgan fingerprint density at radius 3 is 2.43 bits per heavy atom. The van der Waals surface area contributed by atoms with Crippen molar-refractivity contribution in [1.29, 1.82) is 0 Å². The maximum Gasteiger partial charge on any atom is 0.336 e. The predicted octanol–water partition coefficient (Wildman–Crippen LogP) is 3.70. The largest absolute Gasteiger partial charge is 0.478 e. The molecule has 0 aromatic heterocycles. The van der Waals surface area contributed by atoms with Gasteiger partial charge in [-0.1, -0.05) is 18.2 Å². The highest BCUT2D eigenvalue weighted by Crippen LogP contribution is 2.33. The Hall–Kier alpha value is -2.89. The van der Waals surface area contributed by atoms with Crippen molar-refractivity contribution in [1.82, 2.24) is 0 Å². The molecule has 0 fully saturated rings. The first-order valence-corrected chi connectivity index (χ1v) is 6.16. The number of aromatic carboxylic acids is 1. The highest BCUT2D eigenvalue weighted by molar-refractivity contribution is 5.89. The minimum Gasteiger partial charge on any atom is -0.478 e. The summed E-state index contributed by atoms with van der Waals surface area (Å²) < 4.78 is 5.65. The Morgan fingerprint density at radius 2 is 1.86 bits per heavy atom. The number of rotatable bonds is 4. The van der Waals surface area contributed by atoms with Crippen LogP contribution < -0.4 is 4.74 Å². The van der Waals surface area contributed by atoms with Gasteiger partial charge in [-0.2, -0.15) is 0 Å². The molecule has 0 aliphatic carbocycles. The van der Waals surface area contributed by atoms with E-state index in [0.717, 1.165) is 11.6 Å². The summed E-state index contributed by atoms with van der Waals surface area (Å²) in [5.41, 5.74) is 0.669. The van der Waals surface area contributed by atoms with Gasteiger partial charge in [0, 0.05) is 6.07 Å². The van der Waals surface area contributed by atoms with Gasteiger partial charge in [-0.25, -0.2) is 4.79 Å². The lowest BCUT2D eigenvalue weighted by Gasteiger charge is -2.12. The lowest BCUT2D eigenvalue weighted by Crippen LogP contribution is -2.02.